The number of hydrogen-bond donors (Lipinski definition) is 1. The molecule has 2 aromatic heterocycles. The van der Waals surface area contributed by atoms with E-state index < -0.39 is 11.2 Å². The summed E-state index contributed by atoms with van der Waals surface area (Å²) < 4.78 is 18.5. The first-order valence-corrected chi connectivity index (χ1v) is 10.1. The lowest BCUT2D eigenvalue weighted by Gasteiger charge is -2.15. The monoisotopic (exact) mass is 399 g/mol. The second-order valence-corrected chi connectivity index (χ2v) is 7.77. The molecule has 1 unspecified atom stereocenters. The lowest BCUT2D eigenvalue weighted by Crippen LogP contribution is -2.24. The Morgan fingerprint density at radius 1 is 1.14 bits per heavy atom. The molecule has 0 aliphatic rings. The predicted octanol–water partition coefficient (Wildman–Crippen LogP) is 2.28. The first-order valence-electron chi connectivity index (χ1n) is 8.57. The van der Waals surface area contributed by atoms with E-state index in [4.69, 9.17) is 10.5 Å². The van der Waals surface area contributed by atoms with E-state index in [-0.39, 0.29) is 23.4 Å². The SMILES string of the molecule is COc1nc(N)nc(-c2ccc([S+](C)[O-])cc2)c1-c1ccc(=O)n(C(C)C)n1. The Labute approximate surface area is 165 Å². The minimum atomic E-state index is -1.09. The normalized spacial score (nSPS) is 12.2. The van der Waals surface area contributed by atoms with E-state index in [1.165, 1.54) is 17.9 Å². The zero-order valence-electron chi connectivity index (χ0n) is 16.0. The topological polar surface area (TPSA) is 119 Å². The molecule has 0 aliphatic heterocycles. The van der Waals surface area contributed by atoms with Crippen molar-refractivity contribution >= 4 is 17.1 Å². The fourth-order valence-corrected chi connectivity index (χ4v) is 3.30. The van der Waals surface area contributed by atoms with Crippen LogP contribution in [0.5, 0.6) is 5.88 Å². The quantitative estimate of drug-likeness (QED) is 0.654. The van der Waals surface area contributed by atoms with E-state index in [0.29, 0.717) is 21.8 Å². The Balaban J connectivity index is 2.26. The molecule has 0 spiro atoms. The molecule has 9 heteroatoms. The summed E-state index contributed by atoms with van der Waals surface area (Å²) in [6.07, 6.45) is 1.62. The molecule has 1 atom stereocenters. The molecule has 0 saturated carbocycles. The van der Waals surface area contributed by atoms with Gasteiger partial charge >= 0.3 is 0 Å². The Morgan fingerprint density at radius 2 is 1.82 bits per heavy atom. The van der Waals surface area contributed by atoms with Crippen molar-refractivity contribution in [3.05, 3.63) is 46.8 Å². The molecular weight excluding hydrogens is 378 g/mol. The molecule has 0 aliphatic carbocycles. The standard InChI is InChI=1S/C19H21N5O3S/c1-11(2)24-15(25)10-9-14(23-24)16-17(21-19(20)22-18(16)27-3)12-5-7-13(8-6-12)28(4)26/h5-11H,1-4H3,(H2,20,21,22). The number of anilines is 1. The number of nitrogens with zero attached hydrogens (tertiary/aromatic N) is 4. The zero-order chi connectivity index (χ0) is 20.4. The molecule has 0 amide bonds. The summed E-state index contributed by atoms with van der Waals surface area (Å²) in [4.78, 5) is 21.3. The average Bonchev–Trinajstić information content (AvgIpc) is 2.67. The van der Waals surface area contributed by atoms with Crippen molar-refractivity contribution in [3.63, 3.8) is 0 Å². The summed E-state index contributed by atoms with van der Waals surface area (Å²) in [5.41, 5.74) is 7.93. The molecule has 3 aromatic rings. The van der Waals surface area contributed by atoms with Crippen molar-refractivity contribution < 1.29 is 9.29 Å². The summed E-state index contributed by atoms with van der Waals surface area (Å²) in [5, 5.41) is 4.47. The lowest BCUT2D eigenvalue weighted by atomic mass is 10.0. The van der Waals surface area contributed by atoms with Crippen LogP contribution >= 0.6 is 0 Å². The maximum absolute atomic E-state index is 12.1. The van der Waals surface area contributed by atoms with E-state index in [9.17, 15) is 9.35 Å². The highest BCUT2D eigenvalue weighted by Crippen LogP contribution is 2.36. The maximum Gasteiger partial charge on any atom is 0.267 e. The Morgan fingerprint density at radius 3 is 2.39 bits per heavy atom. The third-order valence-corrected chi connectivity index (χ3v) is 5.05. The molecule has 0 saturated heterocycles. The van der Waals surface area contributed by atoms with Crippen LogP contribution in [-0.4, -0.2) is 37.7 Å². The number of aromatic nitrogens is 4. The molecule has 0 radical (unpaired) electrons. The van der Waals surface area contributed by atoms with Gasteiger partial charge < -0.3 is 15.0 Å². The highest BCUT2D eigenvalue weighted by atomic mass is 32.2. The number of hydrogen-bond acceptors (Lipinski definition) is 7. The molecule has 0 bridgehead atoms. The minimum absolute atomic E-state index is 0.0518. The molecule has 0 fully saturated rings. The molecule has 8 nitrogen and oxygen atoms in total. The number of nitrogen functional groups attached to an aromatic ring is 1. The van der Waals surface area contributed by atoms with Crippen LogP contribution in [-0.2, 0) is 11.2 Å². The van der Waals surface area contributed by atoms with Gasteiger partial charge in [-0.1, -0.05) is 0 Å². The Hall–Kier alpha value is -2.91. The van der Waals surface area contributed by atoms with E-state index in [1.54, 1.807) is 36.6 Å². The second-order valence-electron chi connectivity index (χ2n) is 6.39. The number of benzene rings is 1. The average molecular weight is 399 g/mol. The maximum atomic E-state index is 12.1. The third kappa shape index (κ3) is 3.85. The van der Waals surface area contributed by atoms with Gasteiger partial charge in [0.2, 0.25) is 11.8 Å². The first kappa shape index (κ1) is 19.8. The van der Waals surface area contributed by atoms with Crippen LogP contribution in [0.3, 0.4) is 0 Å². The van der Waals surface area contributed by atoms with E-state index in [1.807, 2.05) is 13.8 Å². The van der Waals surface area contributed by atoms with Gasteiger partial charge in [0.05, 0.1) is 30.1 Å². The highest BCUT2D eigenvalue weighted by Gasteiger charge is 2.21. The van der Waals surface area contributed by atoms with Crippen LogP contribution in [0.2, 0.25) is 0 Å². The van der Waals surface area contributed by atoms with Gasteiger partial charge in [-0.2, -0.15) is 10.1 Å². The summed E-state index contributed by atoms with van der Waals surface area (Å²) in [5.74, 6) is 0.308. The molecular formula is C19H21N5O3S. The minimum Gasteiger partial charge on any atom is -0.612 e. The van der Waals surface area contributed by atoms with Crippen molar-refractivity contribution in [2.24, 2.45) is 0 Å². The van der Waals surface area contributed by atoms with Crippen LogP contribution < -0.4 is 16.0 Å². The van der Waals surface area contributed by atoms with Gasteiger partial charge in [-0.3, -0.25) is 4.79 Å². The van der Waals surface area contributed by atoms with E-state index in [2.05, 4.69) is 15.1 Å². The fourth-order valence-electron chi connectivity index (χ4n) is 2.78. The molecule has 2 heterocycles. The summed E-state index contributed by atoms with van der Waals surface area (Å²) in [6, 6.07) is 10.1. The Kier molecular flexibility index (Phi) is 5.66. The number of methoxy groups -OCH3 is 1. The second kappa shape index (κ2) is 7.99. The molecule has 2 N–H and O–H groups in total. The molecule has 146 valence electrons. The third-order valence-electron chi connectivity index (χ3n) is 4.12. The molecule has 28 heavy (non-hydrogen) atoms. The molecule has 3 rings (SSSR count). The van der Waals surface area contributed by atoms with Crippen LogP contribution in [0.4, 0.5) is 5.95 Å². The lowest BCUT2D eigenvalue weighted by molar-refractivity contribution is 0.399. The van der Waals surface area contributed by atoms with Gasteiger partial charge in [0.1, 0.15) is 6.26 Å². The van der Waals surface area contributed by atoms with E-state index in [0.717, 1.165) is 5.56 Å². The van der Waals surface area contributed by atoms with E-state index >= 15 is 0 Å². The van der Waals surface area contributed by atoms with Crippen LogP contribution in [0.1, 0.15) is 19.9 Å². The van der Waals surface area contributed by atoms with Gasteiger partial charge in [-0.05, 0) is 55.4 Å². The van der Waals surface area contributed by atoms with Gasteiger partial charge in [0, 0.05) is 11.6 Å². The van der Waals surface area contributed by atoms with Gasteiger partial charge in [0.15, 0.2) is 4.90 Å². The number of ether oxygens (including phenoxy) is 1. The van der Waals surface area contributed by atoms with Crippen molar-refractivity contribution in [2.45, 2.75) is 24.8 Å². The fraction of sp³-hybridized carbons (Fsp3) is 0.263. The summed E-state index contributed by atoms with van der Waals surface area (Å²) in [7, 11) is 1.48. The van der Waals surface area contributed by atoms with Crippen LogP contribution in [0.15, 0.2) is 46.1 Å². The van der Waals surface area contributed by atoms with Crippen molar-refractivity contribution in [1.82, 2.24) is 19.7 Å². The Bertz CT molecular complexity index is 1050. The zero-order valence-corrected chi connectivity index (χ0v) is 16.9. The molecule has 1 aromatic carbocycles. The van der Waals surface area contributed by atoms with Gasteiger partial charge in [-0.25, -0.2) is 9.67 Å². The highest BCUT2D eigenvalue weighted by molar-refractivity contribution is 7.90. The first-order chi connectivity index (χ1) is 13.3. The smallest absolute Gasteiger partial charge is 0.267 e. The van der Waals surface area contributed by atoms with Crippen LogP contribution in [0.25, 0.3) is 22.5 Å². The van der Waals surface area contributed by atoms with Gasteiger partial charge in [0.25, 0.3) is 5.56 Å². The summed E-state index contributed by atoms with van der Waals surface area (Å²) in [6.45, 7) is 3.75. The van der Waals surface area contributed by atoms with Crippen LogP contribution in [0, 0.1) is 0 Å². The number of nitrogens with two attached hydrogens (primary N) is 1. The predicted molar refractivity (Wildman–Crippen MR) is 109 cm³/mol. The largest absolute Gasteiger partial charge is 0.612 e. The van der Waals surface area contributed by atoms with Crippen molar-refractivity contribution in [3.8, 4) is 28.4 Å². The summed E-state index contributed by atoms with van der Waals surface area (Å²) >= 11 is -1.09. The number of rotatable bonds is 5. The van der Waals surface area contributed by atoms with Gasteiger partial charge in [-0.15, -0.1) is 0 Å². The van der Waals surface area contributed by atoms with Crippen molar-refractivity contribution in [1.29, 1.82) is 0 Å². The van der Waals surface area contributed by atoms with Crippen molar-refractivity contribution in [2.75, 3.05) is 19.1 Å².